The van der Waals surface area contributed by atoms with Gasteiger partial charge in [-0.15, -0.1) is 0 Å². The van der Waals surface area contributed by atoms with E-state index in [-0.39, 0.29) is 51.8 Å². The maximum absolute atomic E-state index is 12.4. The largest absolute Gasteiger partial charge is 0.504 e. The minimum atomic E-state index is -2.61. The first-order chi connectivity index (χ1) is 9.93. The van der Waals surface area contributed by atoms with E-state index in [1.807, 2.05) is 0 Å². The molecule has 0 saturated heterocycles. The van der Waals surface area contributed by atoms with Gasteiger partial charge in [-0.2, -0.15) is 0 Å². The normalized spacial score (nSPS) is 13.9. The zero-order chi connectivity index (χ0) is 15.3. The van der Waals surface area contributed by atoms with E-state index < -0.39 is 39.0 Å². The van der Waals surface area contributed by atoms with Crippen LogP contribution in [0.1, 0.15) is 31.8 Å². The molecule has 1 unspecified atom stereocenters. The molecule has 0 spiro atoms. The molecule has 8 heteroatoms. The summed E-state index contributed by atoms with van der Waals surface area (Å²) in [6, 6.07) is 7.01. The van der Waals surface area contributed by atoms with E-state index in [0.717, 1.165) is 6.07 Å². The van der Waals surface area contributed by atoms with Gasteiger partial charge in [0.15, 0.2) is 34.1 Å². The summed E-state index contributed by atoms with van der Waals surface area (Å²) in [4.78, 5) is 24.2. The summed E-state index contributed by atoms with van der Waals surface area (Å²) >= 11 is -2.61. The summed E-state index contributed by atoms with van der Waals surface area (Å²) in [7, 11) is 0. The van der Waals surface area contributed by atoms with Crippen molar-refractivity contribution in [3.05, 3.63) is 52.6 Å². The van der Waals surface area contributed by atoms with E-state index in [9.17, 15) is 24.0 Å². The zero-order valence-electron chi connectivity index (χ0n) is 11.4. The number of hydrogen-bond acceptors (Lipinski definition) is 5. The Balaban J connectivity index is 0.00000176. The van der Waals surface area contributed by atoms with Crippen molar-refractivity contribution in [1.29, 1.82) is 0 Å². The number of phenolic OH excluding ortho intramolecular Hbond substituents is 2. The first kappa shape index (κ1) is 16.9. The summed E-state index contributed by atoms with van der Waals surface area (Å²) in [6.45, 7) is 0. The zero-order valence-corrected chi connectivity index (χ0v) is 14.2. The molecule has 3 N–H and O–H groups in total. The Morgan fingerprint density at radius 1 is 0.864 bits per heavy atom. The number of hydrogen-bond donors (Lipinski definition) is 3. The molecule has 0 aliphatic heterocycles. The van der Waals surface area contributed by atoms with E-state index in [1.54, 1.807) is 12.1 Å². The number of carbonyl (C=O) groups is 2. The van der Waals surface area contributed by atoms with Crippen LogP contribution in [0.25, 0.3) is 0 Å². The smallest absolute Gasteiger partial charge is 0.198 e. The van der Waals surface area contributed by atoms with Crippen molar-refractivity contribution in [1.82, 2.24) is 0 Å². The van der Waals surface area contributed by atoms with Crippen LogP contribution in [0.2, 0.25) is 0 Å². The van der Waals surface area contributed by atoms with Crippen molar-refractivity contribution in [2.75, 3.05) is 0 Å². The Hall–Kier alpha value is -1.51. The van der Waals surface area contributed by atoms with Gasteiger partial charge in [0.25, 0.3) is 0 Å². The molecule has 2 aromatic rings. The van der Waals surface area contributed by atoms with Crippen molar-refractivity contribution in [2.24, 2.45) is 0 Å². The molecule has 22 heavy (non-hydrogen) atoms. The Bertz CT molecular complexity index is 845. The van der Waals surface area contributed by atoms with E-state index >= 15 is 0 Å². The Morgan fingerprint density at radius 3 is 1.95 bits per heavy atom. The molecule has 1 aliphatic rings. The van der Waals surface area contributed by atoms with Gasteiger partial charge in [-0.25, -0.2) is 4.21 Å². The molecule has 0 amide bonds. The van der Waals surface area contributed by atoms with Crippen LogP contribution < -0.4 is 0 Å². The minimum absolute atomic E-state index is 0. The topological polar surface area (TPSA) is 112 Å². The standard InChI is InChI=1S/C14H8O6S.Na/c15-11-6-3-1-2-4-7(6)12(16)10-8(11)5-9(21(19)20)13(17)14(10)18;/h1-5,17-18H,(H,19,20);. The fraction of sp³-hybridized carbons (Fsp3) is 0. The number of phenols is 2. The second kappa shape index (κ2) is 5.94. The number of rotatable bonds is 1. The Morgan fingerprint density at radius 2 is 1.41 bits per heavy atom. The predicted molar refractivity (Wildman–Crippen MR) is 77.9 cm³/mol. The van der Waals surface area contributed by atoms with E-state index in [1.165, 1.54) is 12.1 Å². The van der Waals surface area contributed by atoms with Crippen LogP contribution in [0.3, 0.4) is 0 Å². The third kappa shape index (κ3) is 2.31. The molecule has 0 aromatic heterocycles. The van der Waals surface area contributed by atoms with E-state index in [0.29, 0.717) is 0 Å². The van der Waals surface area contributed by atoms with Crippen molar-refractivity contribution in [2.45, 2.75) is 4.90 Å². The monoisotopic (exact) mass is 327 g/mol. The molecular weight excluding hydrogens is 319 g/mol. The molecular formula is C14H8NaO6S. The fourth-order valence-electron chi connectivity index (χ4n) is 2.34. The summed E-state index contributed by atoms with van der Waals surface area (Å²) in [5.41, 5.74) is -0.297. The summed E-state index contributed by atoms with van der Waals surface area (Å²) < 4.78 is 20.2. The minimum Gasteiger partial charge on any atom is -0.504 e. The number of carbonyl (C=O) groups excluding carboxylic acids is 2. The summed E-state index contributed by atoms with van der Waals surface area (Å²) in [5, 5.41) is 19.6. The molecule has 1 radical (unpaired) electrons. The van der Waals surface area contributed by atoms with Gasteiger partial charge in [-0.05, 0) is 6.07 Å². The number of ketones is 2. The second-order valence-electron chi connectivity index (χ2n) is 4.45. The van der Waals surface area contributed by atoms with Gasteiger partial charge in [0, 0.05) is 46.2 Å². The van der Waals surface area contributed by atoms with Crippen LogP contribution in [-0.4, -0.2) is 60.1 Å². The van der Waals surface area contributed by atoms with Crippen LogP contribution in [0, 0.1) is 0 Å². The summed E-state index contributed by atoms with van der Waals surface area (Å²) in [5.74, 6) is -2.92. The number of benzene rings is 2. The van der Waals surface area contributed by atoms with Crippen molar-refractivity contribution in [3.8, 4) is 11.5 Å². The van der Waals surface area contributed by atoms with Crippen LogP contribution in [0.4, 0.5) is 0 Å². The van der Waals surface area contributed by atoms with Gasteiger partial charge in [-0.1, -0.05) is 24.3 Å². The molecule has 0 fully saturated rings. The first-order valence-corrected chi connectivity index (χ1v) is 6.92. The van der Waals surface area contributed by atoms with Crippen molar-refractivity contribution < 1.29 is 28.6 Å². The van der Waals surface area contributed by atoms with Gasteiger partial charge < -0.3 is 14.8 Å². The molecule has 107 valence electrons. The van der Waals surface area contributed by atoms with Crippen LogP contribution >= 0.6 is 0 Å². The average molecular weight is 327 g/mol. The molecule has 6 nitrogen and oxygen atoms in total. The number of aromatic hydroxyl groups is 2. The van der Waals surface area contributed by atoms with Crippen LogP contribution in [0.5, 0.6) is 11.5 Å². The van der Waals surface area contributed by atoms with Gasteiger partial charge in [0.2, 0.25) is 0 Å². The fourth-order valence-corrected chi connectivity index (χ4v) is 2.82. The van der Waals surface area contributed by atoms with Crippen molar-refractivity contribution >= 4 is 52.2 Å². The first-order valence-electron chi connectivity index (χ1n) is 5.81. The Kier molecular flexibility index (Phi) is 4.55. The van der Waals surface area contributed by atoms with Gasteiger partial charge in [-0.3, -0.25) is 9.59 Å². The molecule has 1 aliphatic carbocycles. The van der Waals surface area contributed by atoms with Gasteiger partial charge in [0.1, 0.15) is 4.90 Å². The SMILES string of the molecule is O=C1c2ccccc2C(=O)c2c1cc(S(=O)O)c(O)c2O.[Na]. The maximum atomic E-state index is 12.4. The summed E-state index contributed by atoms with van der Waals surface area (Å²) in [6.07, 6.45) is 0. The van der Waals surface area contributed by atoms with Crippen LogP contribution in [-0.2, 0) is 11.1 Å². The van der Waals surface area contributed by atoms with Crippen molar-refractivity contribution in [3.63, 3.8) is 0 Å². The van der Waals surface area contributed by atoms with Crippen LogP contribution in [0.15, 0.2) is 35.2 Å². The molecule has 0 bridgehead atoms. The maximum Gasteiger partial charge on any atom is 0.198 e. The van der Waals surface area contributed by atoms with E-state index in [2.05, 4.69) is 0 Å². The molecule has 0 saturated carbocycles. The molecule has 2 aromatic carbocycles. The predicted octanol–water partition coefficient (Wildman–Crippen LogP) is 1.07. The number of fused-ring (bicyclic) bond motifs is 2. The molecule has 1 atom stereocenters. The molecule has 3 rings (SSSR count). The van der Waals surface area contributed by atoms with E-state index in [4.69, 9.17) is 4.55 Å². The third-order valence-electron chi connectivity index (χ3n) is 3.32. The Labute approximate surface area is 149 Å². The molecule has 0 heterocycles. The van der Waals surface area contributed by atoms with Gasteiger partial charge in [0.05, 0.1) is 5.56 Å². The second-order valence-corrected chi connectivity index (χ2v) is 5.39. The quantitative estimate of drug-likeness (QED) is 0.350. The third-order valence-corrected chi connectivity index (χ3v) is 4.00. The van der Waals surface area contributed by atoms with Gasteiger partial charge >= 0.3 is 0 Å². The average Bonchev–Trinajstić information content (AvgIpc) is 2.47.